The van der Waals surface area contributed by atoms with E-state index in [1.807, 2.05) is 83.6 Å². The molecule has 0 aliphatic rings. The number of carbonyl (C=O) groups is 2. The Balaban J connectivity index is 1.43. The third-order valence-electron chi connectivity index (χ3n) is 5.56. The quantitative estimate of drug-likeness (QED) is 0.265. The number of amides is 1. The molecular formula is C27H22N2O2S2. The molecule has 33 heavy (non-hydrogen) atoms. The highest BCUT2D eigenvalue weighted by Crippen LogP contribution is 2.33. The summed E-state index contributed by atoms with van der Waals surface area (Å²) in [6.45, 7) is 2.03. The Morgan fingerprint density at radius 2 is 1.61 bits per heavy atom. The summed E-state index contributed by atoms with van der Waals surface area (Å²) in [5.74, 6) is -0.0616. The molecule has 1 amide bonds. The standard InChI is InChI=1S/C27H22N2O2S2/c1-2-24(33-19-10-7-9-18(17-19)28-26(30)25-15-8-16-32-25)27(31)29-22-13-5-3-11-20(22)21-12-4-6-14-23(21)29/h3-17,24H,2H2,1H3,(H,28,30). The number of nitrogens with zero attached hydrogens (tertiary/aromatic N) is 1. The molecule has 1 atom stereocenters. The van der Waals surface area contributed by atoms with Crippen LogP contribution in [0.3, 0.4) is 0 Å². The molecule has 3 aromatic carbocycles. The Morgan fingerprint density at radius 1 is 0.909 bits per heavy atom. The van der Waals surface area contributed by atoms with Gasteiger partial charge in [-0.05, 0) is 48.2 Å². The number of carbonyl (C=O) groups excluding carboxylic acids is 2. The third kappa shape index (κ3) is 4.19. The van der Waals surface area contributed by atoms with Gasteiger partial charge in [0, 0.05) is 21.4 Å². The van der Waals surface area contributed by atoms with E-state index in [0.717, 1.165) is 32.4 Å². The minimum Gasteiger partial charge on any atom is -0.321 e. The number of anilines is 1. The van der Waals surface area contributed by atoms with Gasteiger partial charge in [-0.15, -0.1) is 23.1 Å². The van der Waals surface area contributed by atoms with Crippen molar-refractivity contribution in [3.05, 3.63) is 95.2 Å². The third-order valence-corrected chi connectivity index (χ3v) is 7.78. The maximum Gasteiger partial charge on any atom is 0.265 e. The van der Waals surface area contributed by atoms with Gasteiger partial charge in [0.2, 0.25) is 5.91 Å². The van der Waals surface area contributed by atoms with E-state index in [1.54, 1.807) is 6.07 Å². The van der Waals surface area contributed by atoms with Crippen molar-refractivity contribution in [3.8, 4) is 0 Å². The predicted octanol–water partition coefficient (Wildman–Crippen LogP) is 7.32. The number of benzene rings is 3. The first-order valence-electron chi connectivity index (χ1n) is 10.8. The number of thiophene rings is 1. The Bertz CT molecular complexity index is 1400. The Kier molecular flexibility index (Phi) is 6.03. The van der Waals surface area contributed by atoms with Crippen LogP contribution >= 0.6 is 23.1 Å². The van der Waals surface area contributed by atoms with Gasteiger partial charge in [-0.3, -0.25) is 14.2 Å². The van der Waals surface area contributed by atoms with E-state index in [4.69, 9.17) is 0 Å². The van der Waals surface area contributed by atoms with E-state index >= 15 is 0 Å². The highest BCUT2D eigenvalue weighted by Gasteiger charge is 2.24. The van der Waals surface area contributed by atoms with Crippen LogP contribution in [0.15, 0.2) is 95.2 Å². The minimum atomic E-state index is -0.257. The molecule has 5 aromatic rings. The molecule has 0 bridgehead atoms. The zero-order chi connectivity index (χ0) is 22.8. The molecule has 5 rings (SSSR count). The molecule has 0 radical (unpaired) electrons. The molecule has 2 aromatic heterocycles. The van der Waals surface area contributed by atoms with Gasteiger partial charge in [0.15, 0.2) is 0 Å². The lowest BCUT2D eigenvalue weighted by molar-refractivity contribution is 0.0918. The minimum absolute atomic E-state index is 0.0629. The average molecular weight is 471 g/mol. The molecule has 2 heterocycles. The number of aromatic nitrogens is 1. The smallest absolute Gasteiger partial charge is 0.265 e. The van der Waals surface area contributed by atoms with Crippen molar-refractivity contribution in [1.82, 2.24) is 4.57 Å². The van der Waals surface area contributed by atoms with Crippen molar-refractivity contribution in [2.75, 3.05) is 5.32 Å². The van der Waals surface area contributed by atoms with Crippen molar-refractivity contribution in [2.45, 2.75) is 23.5 Å². The average Bonchev–Trinajstić information content (AvgIpc) is 3.49. The molecular weight excluding hydrogens is 448 g/mol. The summed E-state index contributed by atoms with van der Waals surface area (Å²) in [4.78, 5) is 27.8. The summed E-state index contributed by atoms with van der Waals surface area (Å²) in [6.07, 6.45) is 0.691. The molecule has 0 spiro atoms. The SMILES string of the molecule is CCC(Sc1cccc(NC(=O)c2cccs2)c1)C(=O)n1c2ccccc2c2ccccc21. The zero-order valence-electron chi connectivity index (χ0n) is 18.0. The summed E-state index contributed by atoms with van der Waals surface area (Å²) in [5.41, 5.74) is 2.58. The predicted molar refractivity (Wildman–Crippen MR) is 139 cm³/mol. The molecule has 164 valence electrons. The number of hydrogen-bond acceptors (Lipinski definition) is 4. The van der Waals surface area contributed by atoms with Gasteiger partial charge in [0.25, 0.3) is 5.91 Å². The van der Waals surface area contributed by atoms with Crippen LogP contribution in [0.4, 0.5) is 5.69 Å². The molecule has 0 saturated carbocycles. The molecule has 0 saturated heterocycles. The van der Waals surface area contributed by atoms with E-state index in [9.17, 15) is 9.59 Å². The van der Waals surface area contributed by atoms with Crippen LogP contribution in [0, 0.1) is 0 Å². The lowest BCUT2D eigenvalue weighted by atomic mass is 10.2. The van der Waals surface area contributed by atoms with Gasteiger partial charge in [-0.2, -0.15) is 0 Å². The highest BCUT2D eigenvalue weighted by atomic mass is 32.2. The first-order chi connectivity index (χ1) is 16.2. The molecule has 1 unspecified atom stereocenters. The highest BCUT2D eigenvalue weighted by molar-refractivity contribution is 8.00. The number of rotatable bonds is 6. The van der Waals surface area contributed by atoms with Crippen LogP contribution in [-0.4, -0.2) is 21.6 Å². The monoisotopic (exact) mass is 470 g/mol. The van der Waals surface area contributed by atoms with Gasteiger partial charge in [-0.1, -0.05) is 55.5 Å². The van der Waals surface area contributed by atoms with Gasteiger partial charge in [-0.25, -0.2) is 0 Å². The van der Waals surface area contributed by atoms with E-state index < -0.39 is 0 Å². The van der Waals surface area contributed by atoms with Crippen LogP contribution < -0.4 is 5.32 Å². The lowest BCUT2D eigenvalue weighted by Crippen LogP contribution is -2.23. The number of fused-ring (bicyclic) bond motifs is 3. The van der Waals surface area contributed by atoms with Crippen molar-refractivity contribution in [3.63, 3.8) is 0 Å². The first kappa shape index (κ1) is 21.5. The van der Waals surface area contributed by atoms with Gasteiger partial charge < -0.3 is 5.32 Å². The fourth-order valence-corrected chi connectivity index (χ4v) is 5.70. The molecule has 6 heteroatoms. The summed E-state index contributed by atoms with van der Waals surface area (Å²) >= 11 is 2.94. The van der Waals surface area contributed by atoms with Crippen LogP contribution in [0.25, 0.3) is 21.8 Å². The second-order valence-corrected chi connectivity index (χ2v) is 9.91. The molecule has 0 fully saturated rings. The fourth-order valence-electron chi connectivity index (χ4n) is 4.02. The maximum atomic E-state index is 13.8. The summed E-state index contributed by atoms with van der Waals surface area (Å²) in [5, 5.41) is 6.74. The largest absolute Gasteiger partial charge is 0.321 e. The Labute approximate surface area is 200 Å². The van der Waals surface area contributed by atoms with E-state index in [2.05, 4.69) is 17.4 Å². The summed E-state index contributed by atoms with van der Waals surface area (Å²) in [6, 6.07) is 27.4. The first-order valence-corrected chi connectivity index (χ1v) is 12.6. The van der Waals surface area contributed by atoms with E-state index in [-0.39, 0.29) is 17.1 Å². The second-order valence-electron chi connectivity index (χ2n) is 7.68. The van der Waals surface area contributed by atoms with Gasteiger partial charge in [0.1, 0.15) is 0 Å². The van der Waals surface area contributed by atoms with Crippen molar-refractivity contribution >= 4 is 62.4 Å². The Morgan fingerprint density at radius 3 is 2.24 bits per heavy atom. The summed E-state index contributed by atoms with van der Waals surface area (Å²) in [7, 11) is 0. The maximum absolute atomic E-state index is 13.8. The Hall–Kier alpha value is -3.35. The van der Waals surface area contributed by atoms with E-state index in [1.165, 1.54) is 23.1 Å². The normalized spacial score (nSPS) is 12.2. The molecule has 0 aliphatic carbocycles. The van der Waals surface area contributed by atoms with Crippen molar-refractivity contribution in [1.29, 1.82) is 0 Å². The zero-order valence-corrected chi connectivity index (χ0v) is 19.7. The number of hydrogen-bond donors (Lipinski definition) is 1. The van der Waals surface area contributed by atoms with Crippen molar-refractivity contribution < 1.29 is 9.59 Å². The molecule has 0 aliphatic heterocycles. The van der Waals surface area contributed by atoms with Crippen LogP contribution in [0.2, 0.25) is 0 Å². The van der Waals surface area contributed by atoms with Crippen LogP contribution in [-0.2, 0) is 0 Å². The summed E-state index contributed by atoms with van der Waals surface area (Å²) < 4.78 is 1.86. The number of para-hydroxylation sites is 2. The van der Waals surface area contributed by atoms with Crippen molar-refractivity contribution in [2.24, 2.45) is 0 Å². The topological polar surface area (TPSA) is 51.1 Å². The van der Waals surface area contributed by atoms with Gasteiger partial charge in [0.05, 0.1) is 21.2 Å². The van der Waals surface area contributed by atoms with E-state index in [0.29, 0.717) is 11.3 Å². The lowest BCUT2D eigenvalue weighted by Gasteiger charge is -2.16. The van der Waals surface area contributed by atoms with Crippen LogP contribution in [0.5, 0.6) is 0 Å². The fraction of sp³-hybridized carbons (Fsp3) is 0.111. The molecule has 4 nitrogen and oxygen atoms in total. The van der Waals surface area contributed by atoms with Gasteiger partial charge >= 0.3 is 0 Å². The molecule has 1 N–H and O–H groups in total. The second kappa shape index (κ2) is 9.25. The number of nitrogens with one attached hydrogen (secondary N) is 1. The van der Waals surface area contributed by atoms with Crippen LogP contribution in [0.1, 0.15) is 27.8 Å². The number of thioether (sulfide) groups is 1.